The average Bonchev–Trinajstić information content (AvgIpc) is 3.01. The van der Waals surface area contributed by atoms with E-state index in [-0.39, 0.29) is 0 Å². The van der Waals surface area contributed by atoms with E-state index in [1.54, 1.807) is 0 Å². The molecule has 3 rings (SSSR count). The van der Waals surface area contributed by atoms with Crippen molar-refractivity contribution >= 4 is 5.69 Å². The smallest absolute Gasteiger partial charge is 0.0432 e. The Morgan fingerprint density at radius 3 is 2.00 bits per heavy atom. The molecule has 0 radical (unpaired) electrons. The number of rotatable bonds is 4. The quantitative estimate of drug-likeness (QED) is 0.765. The van der Waals surface area contributed by atoms with Gasteiger partial charge in [-0.25, -0.2) is 0 Å². The molecule has 0 N–H and O–H groups in total. The zero-order valence-corrected chi connectivity index (χ0v) is 11.3. The molecule has 0 amide bonds. The Labute approximate surface area is 115 Å². The fourth-order valence-electron chi connectivity index (χ4n) is 3.05. The molecule has 0 heterocycles. The van der Waals surface area contributed by atoms with E-state index >= 15 is 0 Å². The summed E-state index contributed by atoms with van der Waals surface area (Å²) >= 11 is 0. The predicted molar refractivity (Wildman–Crippen MR) is 81.3 cm³/mol. The van der Waals surface area contributed by atoms with E-state index in [4.69, 9.17) is 0 Å². The molecule has 2 aromatic rings. The summed E-state index contributed by atoms with van der Waals surface area (Å²) in [5.41, 5.74) is 2.76. The van der Waals surface area contributed by atoms with E-state index < -0.39 is 0 Å². The Balaban J connectivity index is 1.84. The molecule has 1 nitrogen and oxygen atoms in total. The second-order valence-corrected chi connectivity index (χ2v) is 5.39. The van der Waals surface area contributed by atoms with Crippen molar-refractivity contribution < 1.29 is 0 Å². The van der Waals surface area contributed by atoms with Crippen LogP contribution in [0.5, 0.6) is 0 Å². The summed E-state index contributed by atoms with van der Waals surface area (Å²) in [5, 5.41) is 0. The van der Waals surface area contributed by atoms with Crippen molar-refractivity contribution in [2.75, 3.05) is 4.90 Å². The van der Waals surface area contributed by atoms with Gasteiger partial charge >= 0.3 is 0 Å². The maximum atomic E-state index is 2.59. The lowest BCUT2D eigenvalue weighted by Gasteiger charge is -2.31. The van der Waals surface area contributed by atoms with E-state index in [2.05, 4.69) is 65.6 Å². The van der Waals surface area contributed by atoms with Gasteiger partial charge in [0.1, 0.15) is 0 Å². The van der Waals surface area contributed by atoms with Crippen molar-refractivity contribution in [1.29, 1.82) is 0 Å². The maximum Gasteiger partial charge on any atom is 0.0432 e. The van der Waals surface area contributed by atoms with E-state index in [0.717, 1.165) is 6.54 Å². The average molecular weight is 251 g/mol. The van der Waals surface area contributed by atoms with Gasteiger partial charge in [-0.2, -0.15) is 0 Å². The summed E-state index contributed by atoms with van der Waals surface area (Å²) in [6.07, 6.45) is 5.43. The molecule has 1 saturated carbocycles. The molecule has 1 aliphatic carbocycles. The van der Waals surface area contributed by atoms with Crippen LogP contribution >= 0.6 is 0 Å². The molecule has 98 valence electrons. The van der Waals surface area contributed by atoms with Crippen LogP contribution in [0.2, 0.25) is 0 Å². The summed E-state index contributed by atoms with van der Waals surface area (Å²) in [7, 11) is 0. The van der Waals surface area contributed by atoms with Gasteiger partial charge in [0.15, 0.2) is 0 Å². The van der Waals surface area contributed by atoms with E-state index in [9.17, 15) is 0 Å². The van der Waals surface area contributed by atoms with Crippen molar-refractivity contribution in [1.82, 2.24) is 0 Å². The first-order valence-corrected chi connectivity index (χ1v) is 7.29. The summed E-state index contributed by atoms with van der Waals surface area (Å²) in [4.78, 5) is 2.59. The Morgan fingerprint density at radius 2 is 1.37 bits per heavy atom. The zero-order chi connectivity index (χ0) is 12.9. The molecule has 0 unspecified atom stereocenters. The Morgan fingerprint density at radius 1 is 0.789 bits per heavy atom. The third-order valence-electron chi connectivity index (χ3n) is 4.05. The van der Waals surface area contributed by atoms with Crippen LogP contribution in [0, 0.1) is 0 Å². The molecule has 0 aromatic heterocycles. The van der Waals surface area contributed by atoms with Crippen molar-refractivity contribution in [2.45, 2.75) is 38.3 Å². The first-order chi connectivity index (χ1) is 9.43. The highest BCUT2D eigenvalue weighted by Crippen LogP contribution is 2.29. The Bertz CT molecular complexity index is 486. The lowest BCUT2D eigenvalue weighted by atomic mass is 10.1. The molecular weight excluding hydrogens is 230 g/mol. The van der Waals surface area contributed by atoms with Crippen LogP contribution in [0.1, 0.15) is 31.2 Å². The van der Waals surface area contributed by atoms with Gasteiger partial charge < -0.3 is 4.90 Å². The summed E-state index contributed by atoms with van der Waals surface area (Å²) in [5.74, 6) is 0. The van der Waals surface area contributed by atoms with Gasteiger partial charge in [0.05, 0.1) is 0 Å². The van der Waals surface area contributed by atoms with Gasteiger partial charge in [0.2, 0.25) is 0 Å². The lowest BCUT2D eigenvalue weighted by Crippen LogP contribution is -2.32. The van der Waals surface area contributed by atoms with Crippen molar-refractivity contribution in [3.8, 4) is 0 Å². The molecule has 19 heavy (non-hydrogen) atoms. The molecule has 0 bridgehead atoms. The van der Waals surface area contributed by atoms with Gasteiger partial charge in [-0.15, -0.1) is 0 Å². The molecule has 1 heteroatoms. The topological polar surface area (TPSA) is 3.24 Å². The van der Waals surface area contributed by atoms with Gasteiger partial charge in [-0.05, 0) is 30.5 Å². The van der Waals surface area contributed by atoms with Crippen LogP contribution in [0.3, 0.4) is 0 Å². The Kier molecular flexibility index (Phi) is 3.83. The SMILES string of the molecule is c1ccc(CN(c2ccccc2)C2CCCC2)cc1. The number of benzene rings is 2. The Hall–Kier alpha value is -1.76. The number of hydrogen-bond donors (Lipinski definition) is 0. The standard InChI is InChI=1S/C18H21N/c1-3-9-16(10-4-1)15-19(18-13-7-8-14-18)17-11-5-2-6-12-17/h1-6,9-12,18H,7-8,13-15H2. The van der Waals surface area contributed by atoms with Crippen molar-refractivity contribution in [2.24, 2.45) is 0 Å². The van der Waals surface area contributed by atoms with E-state index in [0.29, 0.717) is 6.04 Å². The molecule has 1 aliphatic rings. The first kappa shape index (κ1) is 12.3. The number of anilines is 1. The summed E-state index contributed by atoms with van der Waals surface area (Å²) in [6.45, 7) is 1.02. The molecule has 0 aliphatic heterocycles. The van der Waals surface area contributed by atoms with Crippen LogP contribution in [-0.4, -0.2) is 6.04 Å². The molecule has 0 saturated heterocycles. The molecule has 0 atom stereocenters. The third-order valence-corrected chi connectivity index (χ3v) is 4.05. The maximum absolute atomic E-state index is 2.59. The fourth-order valence-corrected chi connectivity index (χ4v) is 3.05. The van der Waals surface area contributed by atoms with E-state index in [1.807, 2.05) is 0 Å². The van der Waals surface area contributed by atoms with Crippen LogP contribution < -0.4 is 4.90 Å². The van der Waals surface area contributed by atoms with Crippen LogP contribution in [0.15, 0.2) is 60.7 Å². The summed E-state index contributed by atoms with van der Waals surface area (Å²) < 4.78 is 0. The van der Waals surface area contributed by atoms with Gasteiger partial charge in [0, 0.05) is 18.3 Å². The molecule has 0 spiro atoms. The van der Waals surface area contributed by atoms with Crippen molar-refractivity contribution in [3.05, 3.63) is 66.2 Å². The normalized spacial score (nSPS) is 15.6. The lowest BCUT2D eigenvalue weighted by molar-refractivity contribution is 0.605. The fraction of sp³-hybridized carbons (Fsp3) is 0.333. The second kappa shape index (κ2) is 5.92. The zero-order valence-electron chi connectivity index (χ0n) is 11.3. The highest BCUT2D eigenvalue weighted by molar-refractivity contribution is 5.48. The van der Waals surface area contributed by atoms with Crippen LogP contribution in [-0.2, 0) is 6.54 Å². The number of hydrogen-bond acceptors (Lipinski definition) is 1. The molecular formula is C18H21N. The molecule has 1 fully saturated rings. The minimum absolute atomic E-state index is 0.711. The van der Waals surface area contributed by atoms with Crippen LogP contribution in [0.25, 0.3) is 0 Å². The van der Waals surface area contributed by atoms with Crippen molar-refractivity contribution in [3.63, 3.8) is 0 Å². The minimum Gasteiger partial charge on any atom is -0.364 e. The van der Waals surface area contributed by atoms with Gasteiger partial charge in [-0.1, -0.05) is 61.4 Å². The van der Waals surface area contributed by atoms with Gasteiger partial charge in [-0.3, -0.25) is 0 Å². The largest absolute Gasteiger partial charge is 0.364 e. The van der Waals surface area contributed by atoms with E-state index in [1.165, 1.54) is 36.9 Å². The first-order valence-electron chi connectivity index (χ1n) is 7.29. The third kappa shape index (κ3) is 2.98. The highest BCUT2D eigenvalue weighted by Gasteiger charge is 2.22. The van der Waals surface area contributed by atoms with Crippen LogP contribution in [0.4, 0.5) is 5.69 Å². The summed E-state index contributed by atoms with van der Waals surface area (Å²) in [6, 6.07) is 22.4. The molecule has 2 aromatic carbocycles. The predicted octanol–water partition coefficient (Wildman–Crippen LogP) is 4.64. The minimum atomic E-state index is 0.711. The monoisotopic (exact) mass is 251 g/mol. The number of nitrogens with zero attached hydrogens (tertiary/aromatic N) is 1. The van der Waals surface area contributed by atoms with Gasteiger partial charge in [0.25, 0.3) is 0 Å². The second-order valence-electron chi connectivity index (χ2n) is 5.39. The highest BCUT2D eigenvalue weighted by atomic mass is 15.2. The number of para-hydroxylation sites is 1.